The predicted octanol–water partition coefficient (Wildman–Crippen LogP) is 3.27. The van der Waals surface area contributed by atoms with E-state index in [9.17, 15) is 4.57 Å². The monoisotopic (exact) mass is 307 g/mol. The zero-order valence-corrected chi connectivity index (χ0v) is 12.5. The van der Waals surface area contributed by atoms with Crippen molar-refractivity contribution in [2.24, 2.45) is 0 Å². The van der Waals surface area contributed by atoms with Gasteiger partial charge in [0.2, 0.25) is 0 Å². The minimum atomic E-state index is -2.64. The summed E-state index contributed by atoms with van der Waals surface area (Å²) in [6.07, 6.45) is -2.64. The first kappa shape index (κ1) is 13.8. The van der Waals surface area contributed by atoms with Crippen LogP contribution in [-0.2, 0) is 4.57 Å². The van der Waals surface area contributed by atoms with Crippen molar-refractivity contribution >= 4 is 20.7 Å². The second-order valence-electron chi connectivity index (χ2n) is 3.19. The van der Waals surface area contributed by atoms with Crippen LogP contribution in [0, 0.1) is 0 Å². The van der Waals surface area contributed by atoms with Crippen LogP contribution in [0.1, 0.15) is 13.8 Å². The molecule has 0 amide bonds. The molecule has 0 aliphatic rings. The van der Waals surface area contributed by atoms with Crippen molar-refractivity contribution in [3.63, 3.8) is 0 Å². The summed E-state index contributed by atoms with van der Waals surface area (Å²) in [4.78, 5) is 0. The van der Waals surface area contributed by atoms with Crippen molar-refractivity contribution in [1.29, 1.82) is 0 Å². The maximum atomic E-state index is 12.6. The molecule has 1 aromatic carbocycles. The third-order valence-electron chi connectivity index (χ3n) is 2.27. The Morgan fingerprint density at radius 3 is 2.25 bits per heavy atom. The van der Waals surface area contributed by atoms with Gasteiger partial charge in [-0.15, -0.1) is 0 Å². The molecule has 0 spiro atoms. The fraction of sp³-hybridized carbons (Fsp3) is 0.455. The van der Waals surface area contributed by atoms with Gasteiger partial charge in [-0.25, -0.2) is 0 Å². The Kier molecular flexibility index (Phi) is 5.57. The number of hydrogen-bond donors (Lipinski definition) is 0. The van der Waals surface area contributed by atoms with Gasteiger partial charge >= 0.3 is 103 Å². The number of nitrogens with zero attached hydrogens (tertiary/aromatic N) is 1. The van der Waals surface area contributed by atoms with Gasteiger partial charge < -0.3 is 0 Å². The SMILES string of the molecule is CCN(CC)P(=O)(Oc1ccccc1)[Se]C. The molecule has 0 aliphatic heterocycles. The Hall–Kier alpha value is -0.271. The zero-order valence-electron chi connectivity index (χ0n) is 9.92. The number of rotatable bonds is 6. The normalized spacial score (nSPS) is 14.8. The summed E-state index contributed by atoms with van der Waals surface area (Å²) in [6.45, 7) is 5.54. The average molecular weight is 306 g/mol. The topological polar surface area (TPSA) is 29.5 Å². The molecule has 1 unspecified atom stereocenters. The molecule has 90 valence electrons. The van der Waals surface area contributed by atoms with Crippen molar-refractivity contribution in [3.05, 3.63) is 30.3 Å². The standard InChI is InChI=1S/C11H18NO2PSe/c1-4-12(5-2)15(13,16-3)14-11-9-7-6-8-10-11/h6-10H,4-5H2,1-3H3. The molecule has 0 radical (unpaired) electrons. The molecule has 16 heavy (non-hydrogen) atoms. The molecule has 0 heterocycles. The molecule has 0 saturated carbocycles. The summed E-state index contributed by atoms with van der Waals surface area (Å²) in [5.41, 5.74) is 0. The number of hydrogen-bond acceptors (Lipinski definition) is 2. The molecular formula is C11H18NO2PSe. The van der Waals surface area contributed by atoms with Gasteiger partial charge in [0, 0.05) is 0 Å². The van der Waals surface area contributed by atoms with E-state index in [-0.39, 0.29) is 14.5 Å². The molecule has 0 bridgehead atoms. The number of para-hydroxylation sites is 1. The van der Waals surface area contributed by atoms with Crippen LogP contribution in [0.2, 0.25) is 5.82 Å². The molecular weight excluding hydrogens is 288 g/mol. The predicted molar refractivity (Wildman–Crippen MR) is 69.2 cm³/mol. The van der Waals surface area contributed by atoms with Gasteiger partial charge in [0.15, 0.2) is 0 Å². The van der Waals surface area contributed by atoms with Gasteiger partial charge in [-0.2, -0.15) is 0 Å². The first-order valence-electron chi connectivity index (χ1n) is 5.32. The van der Waals surface area contributed by atoms with Crippen molar-refractivity contribution in [2.75, 3.05) is 13.1 Å². The van der Waals surface area contributed by atoms with Crippen molar-refractivity contribution in [1.82, 2.24) is 4.67 Å². The summed E-state index contributed by atoms with van der Waals surface area (Å²) in [7, 11) is 0. The van der Waals surface area contributed by atoms with Crippen LogP contribution in [0.15, 0.2) is 30.3 Å². The Balaban J connectivity index is 2.86. The van der Waals surface area contributed by atoms with E-state index in [1.165, 1.54) is 0 Å². The zero-order chi connectivity index (χ0) is 12.0. The summed E-state index contributed by atoms with van der Waals surface area (Å²) < 4.78 is 20.3. The molecule has 0 fully saturated rings. The van der Waals surface area contributed by atoms with E-state index in [4.69, 9.17) is 4.52 Å². The Labute approximate surface area is 103 Å². The fourth-order valence-corrected chi connectivity index (χ4v) is 6.81. The van der Waals surface area contributed by atoms with E-state index in [2.05, 4.69) is 0 Å². The maximum absolute atomic E-state index is 12.6. The summed E-state index contributed by atoms with van der Waals surface area (Å²) in [6, 6.07) is 9.41. The van der Waals surface area contributed by atoms with E-state index in [1.54, 1.807) is 0 Å². The quantitative estimate of drug-likeness (QED) is 0.597. The van der Waals surface area contributed by atoms with Crippen LogP contribution in [0.4, 0.5) is 0 Å². The van der Waals surface area contributed by atoms with Crippen molar-refractivity contribution in [2.45, 2.75) is 19.7 Å². The van der Waals surface area contributed by atoms with E-state index in [0.717, 1.165) is 13.1 Å². The van der Waals surface area contributed by atoms with E-state index >= 15 is 0 Å². The summed E-state index contributed by atoms with van der Waals surface area (Å²) in [5.74, 6) is 2.66. The summed E-state index contributed by atoms with van der Waals surface area (Å²) >= 11 is -0.0329. The molecule has 1 rings (SSSR count). The fourth-order valence-electron chi connectivity index (χ4n) is 1.40. The van der Waals surface area contributed by atoms with Crippen LogP contribution >= 0.6 is 6.21 Å². The molecule has 1 atom stereocenters. The summed E-state index contributed by atoms with van der Waals surface area (Å²) in [5, 5.41) is 0. The van der Waals surface area contributed by atoms with Gasteiger partial charge in [0.05, 0.1) is 0 Å². The number of benzene rings is 1. The van der Waals surface area contributed by atoms with Crippen LogP contribution in [-0.4, -0.2) is 32.3 Å². The van der Waals surface area contributed by atoms with Crippen LogP contribution < -0.4 is 4.52 Å². The van der Waals surface area contributed by atoms with Crippen LogP contribution in [0.25, 0.3) is 0 Å². The molecule has 5 heteroatoms. The minimum absolute atomic E-state index is 0.0329. The molecule has 1 aromatic rings. The Morgan fingerprint density at radius 1 is 1.25 bits per heavy atom. The van der Waals surface area contributed by atoms with Gasteiger partial charge in [-0.3, -0.25) is 0 Å². The molecule has 0 N–H and O–H groups in total. The van der Waals surface area contributed by atoms with Crippen LogP contribution in [0.5, 0.6) is 5.75 Å². The van der Waals surface area contributed by atoms with Gasteiger partial charge in [0.1, 0.15) is 0 Å². The Bertz CT molecular complexity index is 354. The first-order chi connectivity index (χ1) is 7.66. The van der Waals surface area contributed by atoms with Gasteiger partial charge in [-0.05, 0) is 0 Å². The average Bonchev–Trinajstić information content (AvgIpc) is 2.32. The third-order valence-corrected chi connectivity index (χ3v) is 9.26. The van der Waals surface area contributed by atoms with Crippen molar-refractivity contribution in [3.8, 4) is 5.75 Å². The van der Waals surface area contributed by atoms with Gasteiger partial charge in [0.25, 0.3) is 0 Å². The second-order valence-corrected chi connectivity index (χ2v) is 10.4. The van der Waals surface area contributed by atoms with Crippen LogP contribution in [0.3, 0.4) is 0 Å². The molecule has 0 aliphatic carbocycles. The second kappa shape index (κ2) is 6.46. The molecule has 0 saturated heterocycles. The van der Waals surface area contributed by atoms with E-state index in [1.807, 2.05) is 54.7 Å². The third kappa shape index (κ3) is 3.36. The Morgan fingerprint density at radius 2 is 1.81 bits per heavy atom. The van der Waals surface area contributed by atoms with E-state index in [0.29, 0.717) is 5.75 Å². The van der Waals surface area contributed by atoms with E-state index < -0.39 is 6.21 Å². The molecule has 0 aromatic heterocycles. The van der Waals surface area contributed by atoms with Crippen molar-refractivity contribution < 1.29 is 9.09 Å². The first-order valence-corrected chi connectivity index (χ1v) is 10.8. The molecule has 3 nitrogen and oxygen atoms in total. The van der Waals surface area contributed by atoms with Gasteiger partial charge in [-0.1, -0.05) is 0 Å².